The zero-order chi connectivity index (χ0) is 23.1. The van der Waals surface area contributed by atoms with Crippen LogP contribution < -0.4 is 14.8 Å². The van der Waals surface area contributed by atoms with Gasteiger partial charge in [0.05, 0.1) is 31.5 Å². The van der Waals surface area contributed by atoms with Crippen LogP contribution in [0.25, 0.3) is 0 Å². The SMILES string of the molecule is CNC(C)CC(C)O.COc1ccc(C(=O)O)cc1.COc1ccc(C(=O)O)cc1. The van der Waals surface area contributed by atoms with Crippen molar-refractivity contribution in [1.29, 1.82) is 0 Å². The van der Waals surface area contributed by atoms with Gasteiger partial charge in [-0.15, -0.1) is 0 Å². The quantitative estimate of drug-likeness (QED) is 0.537. The summed E-state index contributed by atoms with van der Waals surface area (Å²) in [6, 6.07) is 12.9. The Balaban J connectivity index is 0.000000428. The lowest BCUT2D eigenvalue weighted by Gasteiger charge is -2.10. The fraction of sp³-hybridized carbons (Fsp3) is 0.364. The zero-order valence-electron chi connectivity index (χ0n) is 18.0. The van der Waals surface area contributed by atoms with Crippen LogP contribution in [0.3, 0.4) is 0 Å². The van der Waals surface area contributed by atoms with Crippen molar-refractivity contribution in [2.24, 2.45) is 0 Å². The number of carboxylic acids is 2. The second kappa shape index (κ2) is 14.8. The van der Waals surface area contributed by atoms with Gasteiger partial charge >= 0.3 is 11.9 Å². The third-order valence-electron chi connectivity index (χ3n) is 3.86. The molecule has 0 bridgehead atoms. The van der Waals surface area contributed by atoms with Gasteiger partial charge < -0.3 is 30.1 Å². The van der Waals surface area contributed by atoms with E-state index < -0.39 is 11.9 Å². The third-order valence-corrected chi connectivity index (χ3v) is 3.86. The fourth-order valence-electron chi connectivity index (χ4n) is 2.10. The molecule has 2 aromatic rings. The van der Waals surface area contributed by atoms with Crippen molar-refractivity contribution >= 4 is 11.9 Å². The molecule has 0 amide bonds. The molecule has 0 aliphatic carbocycles. The molecule has 0 spiro atoms. The number of carbonyl (C=O) groups is 2. The Bertz CT molecular complexity index is 686. The van der Waals surface area contributed by atoms with Crippen molar-refractivity contribution in [3.8, 4) is 11.5 Å². The summed E-state index contributed by atoms with van der Waals surface area (Å²) in [6.45, 7) is 3.85. The number of methoxy groups -OCH3 is 2. The summed E-state index contributed by atoms with van der Waals surface area (Å²) in [5.41, 5.74) is 0.539. The van der Waals surface area contributed by atoms with E-state index in [0.29, 0.717) is 17.5 Å². The second-order valence-electron chi connectivity index (χ2n) is 6.34. The van der Waals surface area contributed by atoms with E-state index in [4.69, 9.17) is 24.8 Å². The van der Waals surface area contributed by atoms with Gasteiger partial charge in [-0.05, 0) is 75.8 Å². The molecular weight excluding hydrogens is 390 g/mol. The van der Waals surface area contributed by atoms with Gasteiger partial charge in [0.2, 0.25) is 0 Å². The van der Waals surface area contributed by atoms with E-state index in [0.717, 1.165) is 6.42 Å². The molecule has 0 aliphatic heterocycles. The molecule has 0 saturated heterocycles. The Morgan fingerprint density at radius 2 is 1.17 bits per heavy atom. The minimum atomic E-state index is -0.923. The molecule has 0 radical (unpaired) electrons. The van der Waals surface area contributed by atoms with Crippen molar-refractivity contribution < 1.29 is 34.4 Å². The van der Waals surface area contributed by atoms with Gasteiger partial charge in [0.25, 0.3) is 0 Å². The molecule has 30 heavy (non-hydrogen) atoms. The van der Waals surface area contributed by atoms with Crippen LogP contribution in [0.4, 0.5) is 0 Å². The molecule has 8 nitrogen and oxygen atoms in total. The molecule has 2 rings (SSSR count). The molecule has 0 fully saturated rings. The maximum Gasteiger partial charge on any atom is 0.335 e. The average Bonchev–Trinajstić information content (AvgIpc) is 2.74. The first-order valence-electron chi connectivity index (χ1n) is 9.24. The van der Waals surface area contributed by atoms with Gasteiger partial charge in [0.1, 0.15) is 11.5 Å². The van der Waals surface area contributed by atoms with Crippen molar-refractivity contribution in [2.75, 3.05) is 21.3 Å². The van der Waals surface area contributed by atoms with Gasteiger partial charge in [-0.2, -0.15) is 0 Å². The van der Waals surface area contributed by atoms with Crippen LogP contribution >= 0.6 is 0 Å². The minimum absolute atomic E-state index is 0.183. The van der Waals surface area contributed by atoms with Crippen molar-refractivity contribution in [3.63, 3.8) is 0 Å². The van der Waals surface area contributed by atoms with Gasteiger partial charge in [-0.25, -0.2) is 9.59 Å². The molecular formula is C22H31NO7. The smallest absolute Gasteiger partial charge is 0.335 e. The van der Waals surface area contributed by atoms with E-state index in [1.54, 1.807) is 31.2 Å². The summed E-state index contributed by atoms with van der Waals surface area (Å²) < 4.78 is 9.71. The number of ether oxygens (including phenoxy) is 2. The van der Waals surface area contributed by atoms with E-state index in [2.05, 4.69) is 5.32 Å². The van der Waals surface area contributed by atoms with Crippen molar-refractivity contribution in [3.05, 3.63) is 59.7 Å². The number of nitrogens with one attached hydrogen (secondary N) is 1. The van der Waals surface area contributed by atoms with Crippen LogP contribution in [-0.4, -0.2) is 60.7 Å². The average molecular weight is 421 g/mol. The first-order valence-corrected chi connectivity index (χ1v) is 9.24. The molecule has 2 atom stereocenters. The molecule has 0 heterocycles. The lowest BCUT2D eigenvalue weighted by atomic mass is 10.2. The normalized spacial score (nSPS) is 11.5. The van der Waals surface area contributed by atoms with E-state index in [1.165, 1.54) is 38.5 Å². The molecule has 0 saturated carbocycles. The largest absolute Gasteiger partial charge is 0.497 e. The predicted molar refractivity (Wildman–Crippen MR) is 115 cm³/mol. The number of rotatable bonds is 7. The summed E-state index contributed by atoms with van der Waals surface area (Å²) in [4.78, 5) is 20.7. The van der Waals surface area contributed by atoms with E-state index in [-0.39, 0.29) is 17.2 Å². The summed E-state index contributed by atoms with van der Waals surface area (Å²) in [5.74, 6) is -0.523. The number of hydrogen-bond acceptors (Lipinski definition) is 6. The highest BCUT2D eigenvalue weighted by Crippen LogP contribution is 2.11. The standard InChI is InChI=1S/2C8H8O3.C6H15NO/c2*1-11-7-4-2-6(3-5-7)8(9)10;1-5(7-3)4-6(2)8/h2*2-5H,1H3,(H,9,10);5-8H,4H2,1-3H3. The maximum atomic E-state index is 10.4. The highest BCUT2D eigenvalue weighted by molar-refractivity contribution is 5.88. The molecule has 0 aromatic heterocycles. The number of aliphatic hydroxyl groups excluding tert-OH is 1. The zero-order valence-corrected chi connectivity index (χ0v) is 18.0. The Morgan fingerprint density at radius 3 is 1.33 bits per heavy atom. The number of hydrogen-bond donors (Lipinski definition) is 4. The van der Waals surface area contributed by atoms with Crippen LogP contribution in [0.2, 0.25) is 0 Å². The minimum Gasteiger partial charge on any atom is -0.497 e. The Kier molecular flexibility index (Phi) is 13.3. The van der Waals surface area contributed by atoms with Gasteiger partial charge in [-0.1, -0.05) is 0 Å². The summed E-state index contributed by atoms with van der Waals surface area (Å²) in [5, 5.41) is 28.9. The summed E-state index contributed by atoms with van der Waals surface area (Å²) >= 11 is 0. The Morgan fingerprint density at radius 1 is 0.833 bits per heavy atom. The number of carboxylic acid groups (broad SMARTS) is 2. The van der Waals surface area contributed by atoms with Crippen molar-refractivity contribution in [2.45, 2.75) is 32.4 Å². The molecule has 8 heteroatoms. The number of benzene rings is 2. The molecule has 4 N–H and O–H groups in total. The van der Waals surface area contributed by atoms with E-state index >= 15 is 0 Å². The van der Waals surface area contributed by atoms with E-state index in [9.17, 15) is 9.59 Å². The Hall–Kier alpha value is -3.10. The van der Waals surface area contributed by atoms with Gasteiger partial charge in [0.15, 0.2) is 0 Å². The summed E-state index contributed by atoms with van der Waals surface area (Å²) in [7, 11) is 4.97. The van der Waals surface area contributed by atoms with Crippen LogP contribution in [-0.2, 0) is 0 Å². The lowest BCUT2D eigenvalue weighted by molar-refractivity contribution is 0.0686. The van der Waals surface area contributed by atoms with Crippen LogP contribution in [0, 0.1) is 0 Å². The van der Waals surface area contributed by atoms with Gasteiger partial charge in [-0.3, -0.25) is 0 Å². The number of aromatic carboxylic acids is 2. The highest BCUT2D eigenvalue weighted by Gasteiger charge is 2.02. The Labute approximate surface area is 177 Å². The van der Waals surface area contributed by atoms with Crippen LogP contribution in [0.15, 0.2) is 48.5 Å². The van der Waals surface area contributed by atoms with Crippen LogP contribution in [0.5, 0.6) is 11.5 Å². The first-order chi connectivity index (χ1) is 14.1. The molecule has 166 valence electrons. The fourth-order valence-corrected chi connectivity index (χ4v) is 2.10. The molecule has 0 aliphatic rings. The lowest BCUT2D eigenvalue weighted by Crippen LogP contribution is -2.25. The predicted octanol–water partition coefficient (Wildman–Crippen LogP) is 3.15. The first kappa shape index (κ1) is 26.9. The van der Waals surface area contributed by atoms with E-state index in [1.807, 2.05) is 14.0 Å². The van der Waals surface area contributed by atoms with Crippen molar-refractivity contribution in [1.82, 2.24) is 5.32 Å². The van der Waals surface area contributed by atoms with Gasteiger partial charge in [0, 0.05) is 6.04 Å². The topological polar surface area (TPSA) is 125 Å². The third kappa shape index (κ3) is 11.7. The van der Waals surface area contributed by atoms with Crippen LogP contribution in [0.1, 0.15) is 41.0 Å². The summed E-state index contributed by atoms with van der Waals surface area (Å²) in [6.07, 6.45) is 0.647. The highest BCUT2D eigenvalue weighted by atomic mass is 16.5. The molecule has 2 aromatic carbocycles. The maximum absolute atomic E-state index is 10.4. The second-order valence-corrected chi connectivity index (χ2v) is 6.34. The monoisotopic (exact) mass is 421 g/mol. The number of aliphatic hydroxyl groups is 1. The molecule has 2 unspecified atom stereocenters.